The Kier molecular flexibility index (Phi) is 6.51. The summed E-state index contributed by atoms with van der Waals surface area (Å²) in [5.74, 6) is -0.668. The van der Waals surface area contributed by atoms with E-state index >= 15 is 0 Å². The van der Waals surface area contributed by atoms with E-state index in [1.165, 1.54) is 18.3 Å². The SMILES string of the molecule is C.O=C(N=Nc1c(O)n(Cc2ccccc2)c2ccccc12)c1ccc(/C=N/O)nc1. The Labute approximate surface area is 178 Å². The number of rotatable bonds is 5. The topological polar surface area (TPSA) is 112 Å². The normalized spacial score (nSPS) is 11.2. The van der Waals surface area contributed by atoms with E-state index in [0.29, 0.717) is 17.6 Å². The maximum Gasteiger partial charge on any atom is 0.296 e. The molecule has 0 aliphatic heterocycles. The van der Waals surface area contributed by atoms with E-state index in [0.717, 1.165) is 17.3 Å². The van der Waals surface area contributed by atoms with Gasteiger partial charge in [0.15, 0.2) is 5.69 Å². The van der Waals surface area contributed by atoms with Crippen molar-refractivity contribution in [3.8, 4) is 5.88 Å². The summed E-state index contributed by atoms with van der Waals surface area (Å²) in [4.78, 5) is 16.3. The summed E-state index contributed by atoms with van der Waals surface area (Å²) < 4.78 is 1.73. The van der Waals surface area contributed by atoms with Crippen molar-refractivity contribution in [1.29, 1.82) is 0 Å². The molecule has 2 heterocycles. The van der Waals surface area contributed by atoms with Crippen LogP contribution in [0.4, 0.5) is 5.69 Å². The molecule has 8 nitrogen and oxygen atoms in total. The molecule has 4 rings (SSSR count). The van der Waals surface area contributed by atoms with Gasteiger partial charge in [0, 0.05) is 11.6 Å². The molecule has 8 heteroatoms. The molecule has 2 aromatic heterocycles. The summed E-state index contributed by atoms with van der Waals surface area (Å²) in [6, 6.07) is 20.2. The van der Waals surface area contributed by atoms with Crippen LogP contribution in [0.3, 0.4) is 0 Å². The molecule has 0 saturated carbocycles. The van der Waals surface area contributed by atoms with Crippen molar-refractivity contribution in [3.63, 3.8) is 0 Å². The Morgan fingerprint density at radius 3 is 2.48 bits per heavy atom. The average Bonchev–Trinajstić information content (AvgIpc) is 3.04. The van der Waals surface area contributed by atoms with Gasteiger partial charge in [0.25, 0.3) is 5.91 Å². The Morgan fingerprint density at radius 2 is 1.77 bits per heavy atom. The summed E-state index contributed by atoms with van der Waals surface area (Å²) >= 11 is 0. The fraction of sp³-hybridized carbons (Fsp3) is 0.0870. The van der Waals surface area contributed by atoms with Crippen LogP contribution in [-0.4, -0.2) is 32.0 Å². The van der Waals surface area contributed by atoms with Crippen molar-refractivity contribution >= 4 is 28.7 Å². The number of aromatic nitrogens is 2. The second-order valence-corrected chi connectivity index (χ2v) is 6.48. The summed E-state index contributed by atoms with van der Waals surface area (Å²) in [7, 11) is 0. The standard InChI is InChI=1S/C22H17N5O3.CH4/c28-21(16-10-11-17(13-24-30)23-12-16)26-25-20-18-8-4-5-9-19(18)27(22(20)29)14-15-6-2-1-3-7-15;/h1-13,29-30H,14H2;1H4/b24-13+,26-25?;. The van der Waals surface area contributed by atoms with Crippen LogP contribution in [0.25, 0.3) is 10.9 Å². The Morgan fingerprint density at radius 1 is 1.03 bits per heavy atom. The lowest BCUT2D eigenvalue weighted by Crippen LogP contribution is -1.98. The van der Waals surface area contributed by atoms with Crippen molar-refractivity contribution < 1.29 is 15.1 Å². The molecule has 31 heavy (non-hydrogen) atoms. The number of pyridine rings is 1. The lowest BCUT2D eigenvalue weighted by Gasteiger charge is -2.06. The molecule has 1 amide bonds. The van der Waals surface area contributed by atoms with Crippen LogP contribution < -0.4 is 0 Å². The molecule has 2 N–H and O–H groups in total. The van der Waals surface area contributed by atoms with Gasteiger partial charge in [-0.25, -0.2) is 0 Å². The first kappa shape index (κ1) is 21.4. The van der Waals surface area contributed by atoms with Crippen molar-refractivity contribution in [2.24, 2.45) is 15.4 Å². The number of oxime groups is 1. The molecular formula is C23H21N5O3. The number of carbonyl (C=O) groups is 1. The first-order chi connectivity index (χ1) is 14.7. The summed E-state index contributed by atoms with van der Waals surface area (Å²) in [6.45, 7) is 0.453. The second-order valence-electron chi connectivity index (χ2n) is 6.48. The minimum atomic E-state index is -0.603. The highest BCUT2D eigenvalue weighted by Crippen LogP contribution is 2.39. The van der Waals surface area contributed by atoms with E-state index in [-0.39, 0.29) is 24.6 Å². The molecule has 0 spiro atoms. The van der Waals surface area contributed by atoms with Crippen molar-refractivity contribution in [2.45, 2.75) is 14.0 Å². The highest BCUT2D eigenvalue weighted by molar-refractivity contribution is 5.97. The summed E-state index contributed by atoms with van der Waals surface area (Å²) in [5, 5.41) is 30.7. The number of hydrogen-bond donors (Lipinski definition) is 2. The van der Waals surface area contributed by atoms with Crippen LogP contribution in [0.5, 0.6) is 5.88 Å². The molecule has 0 bridgehead atoms. The zero-order valence-electron chi connectivity index (χ0n) is 15.8. The van der Waals surface area contributed by atoms with Gasteiger partial charge >= 0.3 is 0 Å². The zero-order chi connectivity index (χ0) is 20.9. The Balaban J connectivity index is 0.00000272. The smallest absolute Gasteiger partial charge is 0.296 e. The van der Waals surface area contributed by atoms with Crippen LogP contribution in [0, 0.1) is 0 Å². The van der Waals surface area contributed by atoms with E-state index < -0.39 is 5.91 Å². The molecular weight excluding hydrogens is 394 g/mol. The summed E-state index contributed by atoms with van der Waals surface area (Å²) in [6.07, 6.45) is 2.46. The third kappa shape index (κ3) is 4.48. The number of nitrogens with zero attached hydrogens (tertiary/aromatic N) is 5. The van der Waals surface area contributed by atoms with E-state index in [1.807, 2.05) is 54.6 Å². The van der Waals surface area contributed by atoms with Gasteiger partial charge in [0.05, 0.1) is 29.5 Å². The third-order valence-electron chi connectivity index (χ3n) is 4.57. The number of amides is 1. The van der Waals surface area contributed by atoms with E-state index in [2.05, 4.69) is 20.4 Å². The van der Waals surface area contributed by atoms with Crippen LogP contribution in [0.15, 0.2) is 88.3 Å². The van der Waals surface area contributed by atoms with Gasteiger partial charge in [0.2, 0.25) is 5.88 Å². The number of fused-ring (bicyclic) bond motifs is 1. The van der Waals surface area contributed by atoms with Gasteiger partial charge in [0.1, 0.15) is 0 Å². The fourth-order valence-corrected chi connectivity index (χ4v) is 3.12. The molecule has 0 saturated heterocycles. The predicted molar refractivity (Wildman–Crippen MR) is 118 cm³/mol. The lowest BCUT2D eigenvalue weighted by molar-refractivity contribution is 0.0994. The molecule has 156 valence electrons. The molecule has 0 fully saturated rings. The maximum atomic E-state index is 12.4. The van der Waals surface area contributed by atoms with Crippen LogP contribution in [0.2, 0.25) is 0 Å². The minimum Gasteiger partial charge on any atom is -0.493 e. The highest BCUT2D eigenvalue weighted by atomic mass is 16.4. The van der Waals surface area contributed by atoms with Gasteiger partial charge in [-0.2, -0.15) is 0 Å². The number of para-hydroxylation sites is 1. The van der Waals surface area contributed by atoms with Crippen LogP contribution >= 0.6 is 0 Å². The number of carbonyl (C=O) groups excluding carboxylic acids is 1. The van der Waals surface area contributed by atoms with Gasteiger partial charge in [-0.1, -0.05) is 61.1 Å². The lowest BCUT2D eigenvalue weighted by atomic mass is 10.2. The van der Waals surface area contributed by atoms with E-state index in [4.69, 9.17) is 5.21 Å². The largest absolute Gasteiger partial charge is 0.493 e. The molecule has 0 aliphatic carbocycles. The van der Waals surface area contributed by atoms with Gasteiger partial charge in [-0.05, 0) is 23.8 Å². The highest BCUT2D eigenvalue weighted by Gasteiger charge is 2.17. The Hall–Kier alpha value is -4.33. The first-order valence-electron chi connectivity index (χ1n) is 9.11. The zero-order valence-corrected chi connectivity index (χ0v) is 15.8. The predicted octanol–water partition coefficient (Wildman–Crippen LogP) is 5.16. The average molecular weight is 415 g/mol. The van der Waals surface area contributed by atoms with Crippen LogP contribution in [0.1, 0.15) is 29.0 Å². The molecule has 2 aromatic carbocycles. The third-order valence-corrected chi connectivity index (χ3v) is 4.57. The van der Waals surface area contributed by atoms with Gasteiger partial charge in [-0.15, -0.1) is 10.2 Å². The quantitative estimate of drug-likeness (QED) is 0.203. The van der Waals surface area contributed by atoms with E-state index in [1.54, 1.807) is 4.57 Å². The second kappa shape index (κ2) is 9.45. The van der Waals surface area contributed by atoms with Gasteiger partial charge in [-0.3, -0.25) is 9.78 Å². The van der Waals surface area contributed by atoms with E-state index in [9.17, 15) is 9.90 Å². The fourth-order valence-electron chi connectivity index (χ4n) is 3.12. The molecule has 0 radical (unpaired) electrons. The maximum absolute atomic E-state index is 12.4. The monoisotopic (exact) mass is 415 g/mol. The Bertz CT molecular complexity index is 1250. The minimum absolute atomic E-state index is 0. The number of azo groups is 1. The number of hydrogen-bond acceptors (Lipinski definition) is 6. The van der Waals surface area contributed by atoms with Crippen LogP contribution in [-0.2, 0) is 6.54 Å². The van der Waals surface area contributed by atoms with Gasteiger partial charge < -0.3 is 14.9 Å². The van der Waals surface area contributed by atoms with Crippen molar-refractivity contribution in [3.05, 3.63) is 89.7 Å². The first-order valence-corrected chi connectivity index (χ1v) is 9.11. The molecule has 0 atom stereocenters. The number of aromatic hydroxyl groups is 1. The molecule has 0 unspecified atom stereocenters. The summed E-state index contributed by atoms with van der Waals surface area (Å²) in [5.41, 5.74) is 2.65. The molecule has 4 aromatic rings. The molecule has 0 aliphatic rings. The van der Waals surface area contributed by atoms with Crippen molar-refractivity contribution in [2.75, 3.05) is 0 Å². The number of benzene rings is 2. The van der Waals surface area contributed by atoms with Crippen molar-refractivity contribution in [1.82, 2.24) is 9.55 Å².